The minimum Gasteiger partial charge on any atom is -0.463 e. The minimum absolute atomic E-state index is 0.0203. The van der Waals surface area contributed by atoms with Gasteiger partial charge in [-0.15, -0.1) is 0 Å². The molecule has 0 unspecified atom stereocenters. The first-order chi connectivity index (χ1) is 10.5. The fourth-order valence-corrected chi connectivity index (χ4v) is 2.01. The molecule has 2 aromatic rings. The summed E-state index contributed by atoms with van der Waals surface area (Å²) in [7, 11) is 0. The zero-order valence-electron chi connectivity index (χ0n) is 12.4. The van der Waals surface area contributed by atoms with Gasteiger partial charge in [0.25, 0.3) is 11.6 Å². The second-order valence-corrected chi connectivity index (χ2v) is 5.05. The van der Waals surface area contributed by atoms with Crippen molar-refractivity contribution in [3.8, 4) is 0 Å². The van der Waals surface area contributed by atoms with Gasteiger partial charge in [0.15, 0.2) is 12.3 Å². The van der Waals surface area contributed by atoms with Crippen molar-refractivity contribution in [2.75, 3.05) is 11.9 Å². The molecule has 0 bridgehead atoms. The van der Waals surface area contributed by atoms with Crippen molar-refractivity contribution in [1.29, 1.82) is 0 Å². The van der Waals surface area contributed by atoms with Crippen LogP contribution in [0.2, 0.25) is 0 Å². The quantitative estimate of drug-likeness (QED) is 0.627. The van der Waals surface area contributed by atoms with Crippen LogP contribution in [0.15, 0.2) is 41.0 Å². The number of benzene rings is 1. The van der Waals surface area contributed by atoms with Gasteiger partial charge in [0.2, 0.25) is 0 Å². The number of nitro benzene ring substituents is 1. The molecule has 116 valence electrons. The molecule has 1 heterocycles. The summed E-state index contributed by atoms with van der Waals surface area (Å²) < 4.78 is 5.27. The number of hydrogen-bond acceptors (Lipinski definition) is 4. The van der Waals surface area contributed by atoms with Crippen LogP contribution in [0.4, 0.5) is 11.4 Å². The van der Waals surface area contributed by atoms with Crippen molar-refractivity contribution >= 4 is 17.3 Å². The number of rotatable bonds is 6. The second kappa shape index (κ2) is 6.86. The van der Waals surface area contributed by atoms with Crippen molar-refractivity contribution in [1.82, 2.24) is 0 Å². The zero-order valence-corrected chi connectivity index (χ0v) is 12.4. The predicted octanol–water partition coefficient (Wildman–Crippen LogP) is 1.76. The molecule has 1 aromatic heterocycles. The molecule has 1 atom stereocenters. The number of non-ortho nitro benzene ring substituents is 1. The highest BCUT2D eigenvalue weighted by molar-refractivity contribution is 5.92. The van der Waals surface area contributed by atoms with E-state index >= 15 is 0 Å². The Balaban J connectivity index is 1.94. The molecule has 2 rings (SSSR count). The van der Waals surface area contributed by atoms with Crippen LogP contribution in [0.5, 0.6) is 0 Å². The van der Waals surface area contributed by atoms with E-state index in [1.54, 1.807) is 25.3 Å². The third-order valence-corrected chi connectivity index (χ3v) is 3.35. The molecule has 3 N–H and O–H groups in total. The minimum atomic E-state index is -0.486. The Bertz CT molecular complexity index is 667. The van der Waals surface area contributed by atoms with Crippen molar-refractivity contribution in [2.45, 2.75) is 19.9 Å². The summed E-state index contributed by atoms with van der Waals surface area (Å²) in [5, 5.41) is 15.3. The maximum absolute atomic E-state index is 12.0. The standard InChI is InChI=1S/C15H17N3O4/c1-10-5-6-12(18(20)21)8-13(10)17-15(19)9-16-11(2)14-4-3-7-22-14/h3-8,11,16H,9H2,1-2H3,(H,17,19)/p+1/t11-/m1/s1. The fraction of sp³-hybridized carbons (Fsp3) is 0.267. The van der Waals surface area contributed by atoms with Gasteiger partial charge in [-0.1, -0.05) is 6.07 Å². The number of hydrogen-bond donors (Lipinski definition) is 2. The molecule has 0 saturated heterocycles. The van der Waals surface area contributed by atoms with E-state index in [1.807, 2.05) is 18.3 Å². The molecule has 0 fully saturated rings. The highest BCUT2D eigenvalue weighted by Crippen LogP contribution is 2.21. The van der Waals surface area contributed by atoms with Gasteiger partial charge in [0.05, 0.1) is 16.9 Å². The number of nitrogens with one attached hydrogen (secondary N) is 1. The number of quaternary nitrogens is 1. The number of carbonyl (C=O) groups is 1. The van der Waals surface area contributed by atoms with Gasteiger partial charge in [-0.2, -0.15) is 0 Å². The molecular formula is C15H18N3O4+. The molecule has 1 amide bonds. The summed E-state index contributed by atoms with van der Waals surface area (Å²) in [6.45, 7) is 3.92. The number of nitro groups is 1. The lowest BCUT2D eigenvalue weighted by atomic mass is 10.2. The first-order valence-electron chi connectivity index (χ1n) is 6.89. The summed E-state index contributed by atoms with van der Waals surface area (Å²) in [4.78, 5) is 22.3. The van der Waals surface area contributed by atoms with Crippen LogP contribution in [0, 0.1) is 17.0 Å². The normalized spacial score (nSPS) is 11.9. The number of furan rings is 1. The molecule has 7 heteroatoms. The Morgan fingerprint density at radius 2 is 2.23 bits per heavy atom. The molecule has 0 spiro atoms. The highest BCUT2D eigenvalue weighted by Gasteiger charge is 2.15. The number of anilines is 1. The van der Waals surface area contributed by atoms with E-state index in [2.05, 4.69) is 5.32 Å². The summed E-state index contributed by atoms with van der Waals surface area (Å²) in [5.41, 5.74) is 1.19. The first kappa shape index (κ1) is 15.7. The first-order valence-corrected chi connectivity index (χ1v) is 6.89. The summed E-state index contributed by atoms with van der Waals surface area (Å²) in [6.07, 6.45) is 1.59. The van der Waals surface area contributed by atoms with E-state index in [0.29, 0.717) is 5.69 Å². The van der Waals surface area contributed by atoms with Gasteiger partial charge in [0, 0.05) is 12.1 Å². The van der Waals surface area contributed by atoms with Gasteiger partial charge in [-0.05, 0) is 31.5 Å². The van der Waals surface area contributed by atoms with Crippen molar-refractivity contribution in [2.24, 2.45) is 0 Å². The van der Waals surface area contributed by atoms with Crippen molar-refractivity contribution < 1.29 is 19.5 Å². The average molecular weight is 304 g/mol. The molecule has 0 aliphatic carbocycles. The Labute approximate surface area is 127 Å². The van der Waals surface area contributed by atoms with Crippen LogP contribution in [0.3, 0.4) is 0 Å². The second-order valence-electron chi connectivity index (χ2n) is 5.05. The summed E-state index contributed by atoms with van der Waals surface area (Å²) in [6, 6.07) is 8.06. The lowest BCUT2D eigenvalue weighted by Gasteiger charge is -2.10. The molecule has 0 aliphatic heterocycles. The number of carbonyl (C=O) groups excluding carboxylic acids is 1. The lowest BCUT2D eigenvalue weighted by molar-refractivity contribution is -0.684. The molecule has 22 heavy (non-hydrogen) atoms. The number of nitrogens with zero attached hydrogens (tertiary/aromatic N) is 1. The van der Waals surface area contributed by atoms with Gasteiger partial charge in [-0.3, -0.25) is 14.9 Å². The zero-order chi connectivity index (χ0) is 16.1. The van der Waals surface area contributed by atoms with Crippen LogP contribution in [0.1, 0.15) is 24.3 Å². The van der Waals surface area contributed by atoms with Crippen molar-refractivity contribution in [3.63, 3.8) is 0 Å². The molecule has 0 aliphatic rings. The largest absolute Gasteiger partial charge is 0.463 e. The Kier molecular flexibility index (Phi) is 4.90. The fourth-order valence-electron chi connectivity index (χ4n) is 2.01. The molecule has 0 radical (unpaired) electrons. The van der Waals surface area contributed by atoms with Crippen LogP contribution in [0.25, 0.3) is 0 Å². The van der Waals surface area contributed by atoms with Crippen molar-refractivity contribution in [3.05, 3.63) is 58.0 Å². The van der Waals surface area contributed by atoms with Gasteiger partial charge in [-0.25, -0.2) is 0 Å². The molecular weight excluding hydrogens is 286 g/mol. The van der Waals surface area contributed by atoms with Crippen LogP contribution >= 0.6 is 0 Å². The summed E-state index contributed by atoms with van der Waals surface area (Å²) in [5.74, 6) is 0.571. The average Bonchev–Trinajstić information content (AvgIpc) is 3.01. The predicted molar refractivity (Wildman–Crippen MR) is 80.4 cm³/mol. The van der Waals surface area contributed by atoms with E-state index in [-0.39, 0.29) is 24.2 Å². The van der Waals surface area contributed by atoms with Crippen LogP contribution in [-0.2, 0) is 4.79 Å². The highest BCUT2D eigenvalue weighted by atomic mass is 16.6. The number of nitrogens with two attached hydrogens (primary N) is 1. The SMILES string of the molecule is Cc1ccc([N+](=O)[O-])cc1NC(=O)C[NH2+][C@H](C)c1ccco1. The smallest absolute Gasteiger partial charge is 0.279 e. The summed E-state index contributed by atoms with van der Waals surface area (Å²) >= 11 is 0. The van der Waals surface area contributed by atoms with E-state index in [1.165, 1.54) is 12.1 Å². The third-order valence-electron chi connectivity index (χ3n) is 3.35. The van der Waals surface area contributed by atoms with Gasteiger partial charge >= 0.3 is 0 Å². The van der Waals surface area contributed by atoms with Gasteiger partial charge < -0.3 is 15.1 Å². The Hall–Kier alpha value is -2.67. The molecule has 1 aromatic carbocycles. The topological polar surface area (TPSA) is 102 Å². The number of amides is 1. The van der Waals surface area contributed by atoms with E-state index in [4.69, 9.17) is 4.42 Å². The number of aryl methyl sites for hydroxylation is 1. The van der Waals surface area contributed by atoms with Crippen LogP contribution < -0.4 is 10.6 Å². The molecule has 7 nitrogen and oxygen atoms in total. The Morgan fingerprint density at radius 1 is 1.45 bits per heavy atom. The van der Waals surface area contributed by atoms with E-state index in [0.717, 1.165) is 11.3 Å². The third kappa shape index (κ3) is 3.92. The van der Waals surface area contributed by atoms with E-state index in [9.17, 15) is 14.9 Å². The van der Waals surface area contributed by atoms with E-state index < -0.39 is 4.92 Å². The maximum Gasteiger partial charge on any atom is 0.279 e. The van der Waals surface area contributed by atoms with Crippen LogP contribution in [-0.4, -0.2) is 17.4 Å². The maximum atomic E-state index is 12.0. The monoisotopic (exact) mass is 304 g/mol. The van der Waals surface area contributed by atoms with Gasteiger partial charge in [0.1, 0.15) is 6.04 Å². The molecule has 0 saturated carbocycles. The Morgan fingerprint density at radius 3 is 2.86 bits per heavy atom. The lowest BCUT2D eigenvalue weighted by Crippen LogP contribution is -2.86.